The molecule has 2 N–H and O–H groups in total. The average Bonchev–Trinajstić information content (AvgIpc) is 2.68. The molecular formula is C14H19N3. The van der Waals surface area contributed by atoms with E-state index in [0.29, 0.717) is 0 Å². The molecular weight excluding hydrogens is 210 g/mol. The zero-order chi connectivity index (χ0) is 12.3. The third kappa shape index (κ3) is 2.33. The molecule has 1 aromatic carbocycles. The average molecular weight is 229 g/mol. The summed E-state index contributed by atoms with van der Waals surface area (Å²) in [5, 5.41) is 0. The molecule has 17 heavy (non-hydrogen) atoms. The van der Waals surface area contributed by atoms with E-state index < -0.39 is 0 Å². The SMILES string of the molecule is CCc1nc(CC)n(Cc2ccccc2)c1N. The van der Waals surface area contributed by atoms with Crippen LogP contribution < -0.4 is 5.73 Å². The number of imidazole rings is 1. The van der Waals surface area contributed by atoms with E-state index in [9.17, 15) is 0 Å². The van der Waals surface area contributed by atoms with Crippen molar-refractivity contribution in [2.45, 2.75) is 33.2 Å². The minimum atomic E-state index is 0.808. The lowest BCUT2D eigenvalue weighted by molar-refractivity contribution is 0.740. The number of nitrogens with two attached hydrogens (primary N) is 1. The maximum absolute atomic E-state index is 6.14. The van der Waals surface area contributed by atoms with Crippen molar-refractivity contribution >= 4 is 5.82 Å². The smallest absolute Gasteiger partial charge is 0.127 e. The minimum absolute atomic E-state index is 0.808. The van der Waals surface area contributed by atoms with E-state index in [1.807, 2.05) is 6.07 Å². The van der Waals surface area contributed by atoms with E-state index >= 15 is 0 Å². The molecule has 0 aliphatic rings. The number of anilines is 1. The number of nitrogens with zero attached hydrogens (tertiary/aromatic N) is 2. The molecule has 0 saturated carbocycles. The lowest BCUT2D eigenvalue weighted by Gasteiger charge is -2.08. The summed E-state index contributed by atoms with van der Waals surface area (Å²) in [6.45, 7) is 5.01. The summed E-state index contributed by atoms with van der Waals surface area (Å²) >= 11 is 0. The standard InChI is InChI=1S/C14H19N3/c1-3-12-14(15)17(13(4-2)16-12)10-11-8-6-5-7-9-11/h5-9H,3-4,10,15H2,1-2H3. The van der Waals surface area contributed by atoms with Gasteiger partial charge in [0.1, 0.15) is 11.6 Å². The van der Waals surface area contributed by atoms with Crippen LogP contribution >= 0.6 is 0 Å². The number of aromatic nitrogens is 2. The molecule has 90 valence electrons. The maximum atomic E-state index is 6.14. The fraction of sp³-hybridized carbons (Fsp3) is 0.357. The van der Waals surface area contributed by atoms with Gasteiger partial charge < -0.3 is 10.3 Å². The Bertz CT molecular complexity index is 486. The third-order valence-corrected chi connectivity index (χ3v) is 3.00. The van der Waals surface area contributed by atoms with Crippen molar-refractivity contribution in [1.82, 2.24) is 9.55 Å². The van der Waals surface area contributed by atoms with E-state index in [0.717, 1.165) is 36.7 Å². The highest BCUT2D eigenvalue weighted by Crippen LogP contribution is 2.17. The van der Waals surface area contributed by atoms with Gasteiger partial charge in [-0.25, -0.2) is 4.98 Å². The largest absolute Gasteiger partial charge is 0.384 e. The van der Waals surface area contributed by atoms with Crippen LogP contribution in [0.2, 0.25) is 0 Å². The van der Waals surface area contributed by atoms with Gasteiger partial charge in [0.15, 0.2) is 0 Å². The van der Waals surface area contributed by atoms with Gasteiger partial charge in [0, 0.05) is 6.42 Å². The number of benzene rings is 1. The second-order valence-corrected chi connectivity index (χ2v) is 4.14. The van der Waals surface area contributed by atoms with Crippen molar-refractivity contribution in [2.75, 3.05) is 5.73 Å². The van der Waals surface area contributed by atoms with Crippen LogP contribution in [0.4, 0.5) is 5.82 Å². The van der Waals surface area contributed by atoms with Crippen LogP contribution in [0, 0.1) is 0 Å². The van der Waals surface area contributed by atoms with Crippen LogP contribution in [0.3, 0.4) is 0 Å². The van der Waals surface area contributed by atoms with E-state index in [4.69, 9.17) is 5.73 Å². The van der Waals surface area contributed by atoms with Crippen LogP contribution in [0.5, 0.6) is 0 Å². The van der Waals surface area contributed by atoms with Crippen LogP contribution in [0.25, 0.3) is 0 Å². The molecule has 0 unspecified atom stereocenters. The molecule has 0 radical (unpaired) electrons. The fourth-order valence-electron chi connectivity index (χ4n) is 2.04. The Morgan fingerprint density at radius 1 is 1.12 bits per heavy atom. The highest BCUT2D eigenvalue weighted by atomic mass is 15.1. The summed E-state index contributed by atoms with van der Waals surface area (Å²) in [5.74, 6) is 1.89. The number of rotatable bonds is 4. The molecule has 0 saturated heterocycles. The van der Waals surface area contributed by atoms with Crippen LogP contribution in [0.1, 0.15) is 30.9 Å². The predicted molar refractivity (Wildman–Crippen MR) is 70.9 cm³/mol. The normalized spacial score (nSPS) is 10.7. The van der Waals surface area contributed by atoms with Gasteiger partial charge in [0.2, 0.25) is 0 Å². The van der Waals surface area contributed by atoms with Gasteiger partial charge in [0.05, 0.1) is 12.2 Å². The molecule has 3 heteroatoms. The second kappa shape index (κ2) is 5.04. The van der Waals surface area contributed by atoms with Gasteiger partial charge in [-0.3, -0.25) is 0 Å². The summed E-state index contributed by atoms with van der Waals surface area (Å²) in [5.41, 5.74) is 8.41. The van der Waals surface area contributed by atoms with Crippen molar-refractivity contribution in [3.05, 3.63) is 47.4 Å². The zero-order valence-electron chi connectivity index (χ0n) is 10.5. The first-order chi connectivity index (χ1) is 8.26. The summed E-state index contributed by atoms with van der Waals surface area (Å²) < 4.78 is 2.12. The molecule has 2 rings (SSSR count). The van der Waals surface area contributed by atoms with Gasteiger partial charge in [0.25, 0.3) is 0 Å². The van der Waals surface area contributed by atoms with Crippen molar-refractivity contribution in [3.63, 3.8) is 0 Å². The quantitative estimate of drug-likeness (QED) is 0.876. The molecule has 1 aromatic heterocycles. The summed E-state index contributed by atoms with van der Waals surface area (Å²) in [7, 11) is 0. The fourth-order valence-corrected chi connectivity index (χ4v) is 2.04. The Morgan fingerprint density at radius 2 is 1.82 bits per heavy atom. The van der Waals surface area contributed by atoms with Crippen molar-refractivity contribution in [3.8, 4) is 0 Å². The van der Waals surface area contributed by atoms with E-state index in [-0.39, 0.29) is 0 Å². The Kier molecular flexibility index (Phi) is 3.47. The molecule has 0 aliphatic carbocycles. The van der Waals surface area contributed by atoms with Crippen LogP contribution in [0.15, 0.2) is 30.3 Å². The molecule has 0 bridgehead atoms. The Hall–Kier alpha value is -1.77. The van der Waals surface area contributed by atoms with Crippen molar-refractivity contribution in [2.24, 2.45) is 0 Å². The van der Waals surface area contributed by atoms with E-state index in [1.54, 1.807) is 0 Å². The lowest BCUT2D eigenvalue weighted by atomic mass is 10.2. The molecule has 1 heterocycles. The Labute approximate surface area is 102 Å². The highest BCUT2D eigenvalue weighted by molar-refractivity contribution is 5.39. The number of hydrogen-bond acceptors (Lipinski definition) is 2. The molecule has 0 spiro atoms. The molecule has 3 nitrogen and oxygen atoms in total. The topological polar surface area (TPSA) is 43.8 Å². The van der Waals surface area contributed by atoms with Gasteiger partial charge in [-0.15, -0.1) is 0 Å². The monoisotopic (exact) mass is 229 g/mol. The maximum Gasteiger partial charge on any atom is 0.127 e. The minimum Gasteiger partial charge on any atom is -0.384 e. The van der Waals surface area contributed by atoms with Gasteiger partial charge in [-0.05, 0) is 12.0 Å². The van der Waals surface area contributed by atoms with Crippen LogP contribution in [-0.4, -0.2) is 9.55 Å². The van der Waals surface area contributed by atoms with Gasteiger partial charge >= 0.3 is 0 Å². The first kappa shape index (κ1) is 11.7. The van der Waals surface area contributed by atoms with E-state index in [1.165, 1.54) is 5.56 Å². The van der Waals surface area contributed by atoms with Crippen molar-refractivity contribution < 1.29 is 0 Å². The molecule has 0 atom stereocenters. The summed E-state index contributed by atoms with van der Waals surface area (Å²) in [6, 6.07) is 10.4. The lowest BCUT2D eigenvalue weighted by Crippen LogP contribution is -2.08. The second-order valence-electron chi connectivity index (χ2n) is 4.14. The zero-order valence-corrected chi connectivity index (χ0v) is 10.5. The summed E-state index contributed by atoms with van der Waals surface area (Å²) in [6.07, 6.45) is 1.80. The van der Waals surface area contributed by atoms with Crippen LogP contribution in [-0.2, 0) is 19.4 Å². The first-order valence-corrected chi connectivity index (χ1v) is 6.13. The molecule has 0 amide bonds. The number of hydrogen-bond donors (Lipinski definition) is 1. The number of nitrogen functional groups attached to an aromatic ring is 1. The van der Waals surface area contributed by atoms with Gasteiger partial charge in [-0.1, -0.05) is 44.2 Å². The molecule has 2 aromatic rings. The Balaban J connectivity index is 2.35. The third-order valence-electron chi connectivity index (χ3n) is 3.00. The number of aryl methyl sites for hydroxylation is 2. The summed E-state index contributed by atoms with van der Waals surface area (Å²) in [4.78, 5) is 4.58. The molecule has 0 fully saturated rings. The Morgan fingerprint density at radius 3 is 2.41 bits per heavy atom. The first-order valence-electron chi connectivity index (χ1n) is 6.13. The van der Waals surface area contributed by atoms with E-state index in [2.05, 4.69) is 47.7 Å². The molecule has 0 aliphatic heterocycles. The van der Waals surface area contributed by atoms with Crippen molar-refractivity contribution in [1.29, 1.82) is 0 Å². The predicted octanol–water partition coefficient (Wildman–Crippen LogP) is 2.64. The highest BCUT2D eigenvalue weighted by Gasteiger charge is 2.11. The van der Waals surface area contributed by atoms with Gasteiger partial charge in [-0.2, -0.15) is 0 Å².